The topological polar surface area (TPSA) is 105 Å². The molecule has 3 rings (SSSR count). The van der Waals surface area contributed by atoms with Crippen molar-refractivity contribution in [2.45, 2.75) is 46.1 Å². The van der Waals surface area contributed by atoms with Gasteiger partial charge in [0.1, 0.15) is 12.6 Å². The molecule has 1 aliphatic carbocycles. The van der Waals surface area contributed by atoms with Gasteiger partial charge in [-0.2, -0.15) is 0 Å². The maximum Gasteiger partial charge on any atom is 0.407 e. The molecule has 1 aliphatic rings. The van der Waals surface area contributed by atoms with Gasteiger partial charge < -0.3 is 20.5 Å². The molecule has 0 fully saturated rings. The molecule has 0 heterocycles. The molecule has 176 valence electrons. The van der Waals surface area contributed by atoms with Crippen molar-refractivity contribution in [2.75, 3.05) is 13.2 Å². The Balaban J connectivity index is 1.61. The number of ether oxygens (including phenoxy) is 1. The number of hydrogen-bond acceptors (Lipinski definition) is 4. The third-order valence-electron chi connectivity index (χ3n) is 5.94. The van der Waals surface area contributed by atoms with E-state index in [4.69, 9.17) is 9.84 Å². The van der Waals surface area contributed by atoms with E-state index in [0.29, 0.717) is 0 Å². The Morgan fingerprint density at radius 3 is 2.06 bits per heavy atom. The number of nitrogens with one attached hydrogen (secondary N) is 2. The number of amides is 2. The molecule has 0 saturated carbocycles. The Kier molecular flexibility index (Phi) is 7.41. The van der Waals surface area contributed by atoms with Gasteiger partial charge in [-0.05, 0) is 33.6 Å². The Bertz CT molecular complexity index is 985. The fourth-order valence-corrected chi connectivity index (χ4v) is 4.21. The highest BCUT2D eigenvalue weighted by Gasteiger charge is 2.31. The van der Waals surface area contributed by atoms with Crippen LogP contribution in [0.5, 0.6) is 0 Å². The summed E-state index contributed by atoms with van der Waals surface area (Å²) >= 11 is 0. The average molecular weight is 453 g/mol. The fourth-order valence-electron chi connectivity index (χ4n) is 4.21. The fraction of sp³-hybridized carbons (Fsp3) is 0.423. The van der Waals surface area contributed by atoms with E-state index in [1.165, 1.54) is 0 Å². The predicted molar refractivity (Wildman–Crippen MR) is 126 cm³/mol. The second-order valence-electron chi connectivity index (χ2n) is 9.64. The summed E-state index contributed by atoms with van der Waals surface area (Å²) < 4.78 is 5.56. The van der Waals surface area contributed by atoms with Gasteiger partial charge >= 0.3 is 12.1 Å². The number of carboxylic acids is 1. The molecule has 33 heavy (non-hydrogen) atoms. The minimum atomic E-state index is -0.925. The minimum absolute atomic E-state index is 0.0636. The van der Waals surface area contributed by atoms with E-state index >= 15 is 0 Å². The highest BCUT2D eigenvalue weighted by Crippen LogP contribution is 2.44. The quantitative estimate of drug-likeness (QED) is 0.530. The van der Waals surface area contributed by atoms with Gasteiger partial charge in [0.15, 0.2) is 0 Å². The van der Waals surface area contributed by atoms with Crippen LogP contribution in [0, 0.1) is 11.3 Å². The van der Waals surface area contributed by atoms with Gasteiger partial charge in [0.05, 0.1) is 6.42 Å². The first-order valence-electron chi connectivity index (χ1n) is 11.2. The molecule has 0 aromatic heterocycles. The van der Waals surface area contributed by atoms with E-state index in [1.807, 2.05) is 50.2 Å². The van der Waals surface area contributed by atoms with Crippen LogP contribution in [0.1, 0.15) is 51.2 Å². The number of hydrogen-bond donors (Lipinski definition) is 3. The van der Waals surface area contributed by atoms with Gasteiger partial charge in [0.2, 0.25) is 5.91 Å². The van der Waals surface area contributed by atoms with Gasteiger partial charge in [-0.15, -0.1) is 0 Å². The molecule has 2 aromatic carbocycles. The number of carbonyl (C=O) groups is 3. The first-order valence-corrected chi connectivity index (χ1v) is 11.2. The van der Waals surface area contributed by atoms with Crippen LogP contribution in [0.3, 0.4) is 0 Å². The van der Waals surface area contributed by atoms with Gasteiger partial charge in [-0.1, -0.05) is 76.2 Å². The average Bonchev–Trinajstić information content (AvgIpc) is 3.07. The van der Waals surface area contributed by atoms with Crippen LogP contribution < -0.4 is 10.6 Å². The Labute approximate surface area is 194 Å². The van der Waals surface area contributed by atoms with E-state index in [9.17, 15) is 14.4 Å². The van der Waals surface area contributed by atoms with Gasteiger partial charge in [-0.25, -0.2) is 4.79 Å². The second kappa shape index (κ2) is 10.1. The number of benzene rings is 2. The van der Waals surface area contributed by atoms with Crippen LogP contribution >= 0.6 is 0 Å². The van der Waals surface area contributed by atoms with Gasteiger partial charge in [-0.3, -0.25) is 9.59 Å². The maximum absolute atomic E-state index is 12.7. The highest BCUT2D eigenvalue weighted by atomic mass is 16.5. The molecule has 0 unspecified atom stereocenters. The zero-order valence-electron chi connectivity index (χ0n) is 19.6. The Morgan fingerprint density at radius 2 is 1.55 bits per heavy atom. The number of rotatable bonds is 9. The normalized spacial score (nSPS) is 13.7. The van der Waals surface area contributed by atoms with Crippen molar-refractivity contribution in [3.8, 4) is 11.1 Å². The molecule has 0 radical (unpaired) electrons. The smallest absolute Gasteiger partial charge is 0.407 e. The summed E-state index contributed by atoms with van der Waals surface area (Å²) in [6.07, 6.45) is -0.727. The van der Waals surface area contributed by atoms with Crippen molar-refractivity contribution in [1.82, 2.24) is 10.6 Å². The van der Waals surface area contributed by atoms with Crippen LogP contribution in [0.15, 0.2) is 48.5 Å². The zero-order chi connectivity index (χ0) is 24.2. The van der Waals surface area contributed by atoms with Crippen molar-refractivity contribution in [1.29, 1.82) is 0 Å². The minimum Gasteiger partial charge on any atom is -0.481 e. The lowest BCUT2D eigenvalue weighted by Gasteiger charge is -2.26. The van der Waals surface area contributed by atoms with Crippen LogP contribution in [0.2, 0.25) is 0 Å². The number of fused-ring (bicyclic) bond motifs is 3. The van der Waals surface area contributed by atoms with Gasteiger partial charge in [0.25, 0.3) is 0 Å². The summed E-state index contributed by atoms with van der Waals surface area (Å²) in [6.45, 7) is 7.55. The number of aliphatic carboxylic acids is 1. The third-order valence-corrected chi connectivity index (χ3v) is 5.94. The van der Waals surface area contributed by atoms with Crippen LogP contribution in [-0.2, 0) is 14.3 Å². The van der Waals surface area contributed by atoms with E-state index in [2.05, 4.69) is 22.8 Å². The molecule has 0 spiro atoms. The number of carbonyl (C=O) groups excluding carboxylic acids is 2. The third kappa shape index (κ3) is 5.92. The predicted octanol–water partition coefficient (Wildman–Crippen LogP) is 4.17. The van der Waals surface area contributed by atoms with Crippen LogP contribution in [0.25, 0.3) is 11.1 Å². The first kappa shape index (κ1) is 24.3. The number of alkyl carbamates (subject to hydrolysis) is 1. The largest absolute Gasteiger partial charge is 0.481 e. The summed E-state index contributed by atoms with van der Waals surface area (Å²) in [5, 5.41) is 14.5. The molecule has 0 saturated heterocycles. The molecule has 2 aromatic rings. The van der Waals surface area contributed by atoms with E-state index in [0.717, 1.165) is 22.3 Å². The lowest BCUT2D eigenvalue weighted by molar-refractivity contribution is -0.139. The van der Waals surface area contributed by atoms with E-state index in [-0.39, 0.29) is 37.3 Å². The monoisotopic (exact) mass is 452 g/mol. The molecule has 0 aliphatic heterocycles. The zero-order valence-corrected chi connectivity index (χ0v) is 19.6. The molecule has 0 bridgehead atoms. The molecule has 7 nitrogen and oxygen atoms in total. The van der Waals surface area contributed by atoms with Crippen molar-refractivity contribution in [2.24, 2.45) is 11.3 Å². The van der Waals surface area contributed by atoms with Crippen LogP contribution in [0.4, 0.5) is 4.79 Å². The van der Waals surface area contributed by atoms with Gasteiger partial charge in [0, 0.05) is 12.5 Å². The molecular formula is C26H32N2O5. The summed E-state index contributed by atoms with van der Waals surface area (Å²) in [5.74, 6) is -1.53. The lowest BCUT2D eigenvalue weighted by Crippen LogP contribution is -2.51. The highest BCUT2D eigenvalue weighted by molar-refractivity contribution is 5.86. The maximum atomic E-state index is 12.7. The summed E-state index contributed by atoms with van der Waals surface area (Å²) in [7, 11) is 0. The van der Waals surface area contributed by atoms with E-state index < -0.39 is 23.5 Å². The standard InChI is InChI=1S/C26H32N2O5/c1-16(2)23(24(31)27-15-26(3,4)13-22(29)30)28-25(32)33-14-21-19-11-7-5-9-17(19)18-10-6-8-12-20(18)21/h5-12,16,21,23H,13-15H2,1-4H3,(H,27,31)(H,28,32)(H,29,30)/t23-/m0/s1. The summed E-state index contributed by atoms with van der Waals surface area (Å²) in [4.78, 5) is 36.3. The van der Waals surface area contributed by atoms with Crippen LogP contribution in [-0.4, -0.2) is 42.3 Å². The summed E-state index contributed by atoms with van der Waals surface area (Å²) in [5.41, 5.74) is 3.92. The summed E-state index contributed by atoms with van der Waals surface area (Å²) in [6, 6.07) is 15.4. The van der Waals surface area contributed by atoms with Crippen molar-refractivity contribution < 1.29 is 24.2 Å². The van der Waals surface area contributed by atoms with Crippen molar-refractivity contribution in [3.05, 3.63) is 59.7 Å². The van der Waals surface area contributed by atoms with E-state index in [1.54, 1.807) is 13.8 Å². The van der Waals surface area contributed by atoms with Crippen molar-refractivity contribution >= 4 is 18.0 Å². The number of carboxylic acid groups (broad SMARTS) is 1. The molecule has 3 N–H and O–H groups in total. The Morgan fingerprint density at radius 1 is 1.00 bits per heavy atom. The lowest BCUT2D eigenvalue weighted by atomic mass is 9.89. The molecule has 2 amide bonds. The SMILES string of the molecule is CC(C)[C@H](NC(=O)OCC1c2ccccc2-c2ccccc21)C(=O)NCC(C)(C)CC(=O)O. The first-order chi connectivity index (χ1) is 15.6. The molecule has 7 heteroatoms. The Hall–Kier alpha value is -3.35. The van der Waals surface area contributed by atoms with Crippen molar-refractivity contribution in [3.63, 3.8) is 0 Å². The molecule has 1 atom stereocenters. The molecular weight excluding hydrogens is 420 g/mol. The second-order valence-corrected chi connectivity index (χ2v) is 9.64.